The summed E-state index contributed by atoms with van der Waals surface area (Å²) in [5, 5.41) is 9.53. The molecule has 4 rings (SSSR count). The number of carbonyl (C=O) groups is 2. The Morgan fingerprint density at radius 1 is 1.13 bits per heavy atom. The number of hydrogen-bond acceptors (Lipinski definition) is 7. The number of carbonyl (C=O) groups excluding carboxylic acids is 2. The highest BCUT2D eigenvalue weighted by atomic mass is 32.2. The van der Waals surface area contributed by atoms with Gasteiger partial charge < -0.3 is 15.2 Å². The molecule has 214 valence electrons. The van der Waals surface area contributed by atoms with E-state index in [0.29, 0.717) is 31.6 Å². The lowest BCUT2D eigenvalue weighted by molar-refractivity contribution is -0.129. The third kappa shape index (κ3) is 7.63. The largest absolute Gasteiger partial charge is 0.355 e. The van der Waals surface area contributed by atoms with Crippen molar-refractivity contribution in [3.05, 3.63) is 41.6 Å². The molecule has 2 atom stereocenters. The molecule has 39 heavy (non-hydrogen) atoms. The van der Waals surface area contributed by atoms with E-state index in [1.165, 1.54) is 18.6 Å². The molecule has 1 saturated heterocycles. The zero-order valence-corrected chi connectivity index (χ0v) is 23.3. The van der Waals surface area contributed by atoms with Crippen LogP contribution in [0, 0.1) is 17.6 Å². The van der Waals surface area contributed by atoms with Crippen LogP contribution in [-0.2, 0) is 14.6 Å². The number of nitrogens with zero attached hydrogens (tertiary/aromatic N) is 2. The molecule has 2 aromatic rings. The lowest BCUT2D eigenvalue weighted by atomic mass is 9.86. The Morgan fingerprint density at radius 2 is 1.85 bits per heavy atom. The van der Waals surface area contributed by atoms with E-state index in [1.807, 2.05) is 0 Å². The highest BCUT2D eigenvalue weighted by Crippen LogP contribution is 2.29. The minimum Gasteiger partial charge on any atom is -0.355 e. The molecule has 1 aliphatic carbocycles. The van der Waals surface area contributed by atoms with Gasteiger partial charge in [0.1, 0.15) is 21.5 Å². The van der Waals surface area contributed by atoms with Gasteiger partial charge in [-0.05, 0) is 45.2 Å². The Morgan fingerprint density at radius 3 is 2.51 bits per heavy atom. The highest BCUT2D eigenvalue weighted by molar-refractivity contribution is 7.90. The second-order valence-electron chi connectivity index (χ2n) is 11.4. The summed E-state index contributed by atoms with van der Waals surface area (Å²) in [6.07, 6.45) is 7.25. The fourth-order valence-corrected chi connectivity index (χ4v) is 7.14. The number of rotatable bonds is 8. The molecule has 12 heteroatoms. The minimum absolute atomic E-state index is 0.0263. The van der Waals surface area contributed by atoms with E-state index in [4.69, 9.17) is 4.52 Å². The van der Waals surface area contributed by atoms with E-state index in [9.17, 15) is 26.8 Å². The number of nitrogens with one attached hydrogen (secondary N) is 2. The minimum atomic E-state index is -3.34. The van der Waals surface area contributed by atoms with Crippen molar-refractivity contribution >= 4 is 21.7 Å². The molecule has 1 aromatic heterocycles. The Balaban J connectivity index is 1.50. The third-order valence-corrected chi connectivity index (χ3v) is 8.66. The van der Waals surface area contributed by atoms with Crippen LogP contribution in [0.25, 0.3) is 11.3 Å². The second kappa shape index (κ2) is 11.7. The van der Waals surface area contributed by atoms with Crippen molar-refractivity contribution in [2.45, 2.75) is 70.0 Å². The SMILES string of the molecule is CC(C)(CS(C)(=O)=O)NC(=O)[C@@H]1CN(C2CCCCC2)CC[C@H]1NC(=O)c1cc(-c2ccc(F)cc2F)on1. The Labute approximate surface area is 227 Å². The summed E-state index contributed by atoms with van der Waals surface area (Å²) in [4.78, 5) is 28.9. The monoisotopic (exact) mass is 566 g/mol. The van der Waals surface area contributed by atoms with Gasteiger partial charge in [-0.2, -0.15) is 0 Å². The van der Waals surface area contributed by atoms with Crippen LogP contribution in [-0.4, -0.2) is 73.0 Å². The van der Waals surface area contributed by atoms with Gasteiger partial charge in [-0.1, -0.05) is 24.4 Å². The smallest absolute Gasteiger partial charge is 0.273 e. The van der Waals surface area contributed by atoms with Crippen LogP contribution >= 0.6 is 0 Å². The van der Waals surface area contributed by atoms with Crippen molar-refractivity contribution in [3.63, 3.8) is 0 Å². The number of amides is 2. The van der Waals surface area contributed by atoms with Crippen LogP contribution in [0.2, 0.25) is 0 Å². The molecule has 2 aliphatic rings. The molecule has 2 fully saturated rings. The van der Waals surface area contributed by atoms with Gasteiger partial charge >= 0.3 is 0 Å². The fourth-order valence-electron chi connectivity index (χ4n) is 5.75. The van der Waals surface area contributed by atoms with Gasteiger partial charge in [0.2, 0.25) is 5.91 Å². The van der Waals surface area contributed by atoms with Gasteiger partial charge in [-0.3, -0.25) is 14.5 Å². The predicted molar refractivity (Wildman–Crippen MR) is 142 cm³/mol. The molecule has 2 amide bonds. The number of sulfone groups is 1. The third-order valence-electron chi connectivity index (χ3n) is 7.41. The van der Waals surface area contributed by atoms with Crippen molar-refractivity contribution in [3.8, 4) is 11.3 Å². The molecule has 0 radical (unpaired) electrons. The molecule has 1 aliphatic heterocycles. The lowest BCUT2D eigenvalue weighted by Crippen LogP contribution is -2.60. The van der Waals surface area contributed by atoms with Crippen LogP contribution in [0.5, 0.6) is 0 Å². The first-order valence-electron chi connectivity index (χ1n) is 13.3. The van der Waals surface area contributed by atoms with Crippen molar-refractivity contribution in [1.29, 1.82) is 0 Å². The average Bonchev–Trinajstić information content (AvgIpc) is 3.33. The van der Waals surface area contributed by atoms with Gasteiger partial charge in [-0.15, -0.1) is 0 Å². The Hall–Kier alpha value is -2.86. The highest BCUT2D eigenvalue weighted by Gasteiger charge is 2.40. The van der Waals surface area contributed by atoms with Crippen LogP contribution < -0.4 is 10.6 Å². The first-order valence-corrected chi connectivity index (χ1v) is 15.3. The van der Waals surface area contributed by atoms with Gasteiger partial charge in [0.15, 0.2) is 11.5 Å². The van der Waals surface area contributed by atoms with E-state index in [0.717, 1.165) is 38.0 Å². The number of hydrogen-bond donors (Lipinski definition) is 2. The molecule has 2 N–H and O–H groups in total. The van der Waals surface area contributed by atoms with Crippen molar-refractivity contribution in [2.75, 3.05) is 25.1 Å². The maximum absolute atomic E-state index is 14.2. The number of benzene rings is 1. The van der Waals surface area contributed by atoms with E-state index in [1.54, 1.807) is 13.8 Å². The van der Waals surface area contributed by atoms with Gasteiger partial charge in [0, 0.05) is 49.1 Å². The molecular formula is C27H36F2N4O5S. The molecule has 1 aromatic carbocycles. The molecule has 2 heterocycles. The van der Waals surface area contributed by atoms with Crippen molar-refractivity contribution in [2.24, 2.45) is 5.92 Å². The van der Waals surface area contributed by atoms with Gasteiger partial charge in [0.25, 0.3) is 5.91 Å². The zero-order chi connectivity index (χ0) is 28.4. The normalized spacial score (nSPS) is 21.5. The fraction of sp³-hybridized carbons (Fsp3) is 0.593. The number of likely N-dealkylation sites (tertiary alicyclic amines) is 1. The number of halogens is 2. The van der Waals surface area contributed by atoms with Crippen LogP contribution in [0.15, 0.2) is 28.8 Å². The lowest BCUT2D eigenvalue weighted by Gasteiger charge is -2.43. The topological polar surface area (TPSA) is 122 Å². The summed E-state index contributed by atoms with van der Waals surface area (Å²) < 4.78 is 56.4. The maximum Gasteiger partial charge on any atom is 0.273 e. The molecule has 0 bridgehead atoms. The summed E-state index contributed by atoms with van der Waals surface area (Å²) in [6.45, 7) is 4.46. The standard InChI is InChI=1S/C27H36F2N4O5S/c1-27(2,16-39(3,36)37)31-25(34)20-15-33(18-7-5-4-6-8-18)12-11-22(20)30-26(35)23-14-24(38-32-23)19-10-9-17(28)13-21(19)29/h9-10,13-14,18,20,22H,4-8,11-12,15-16H2,1-3H3,(H,30,35)(H,31,34)/t20-,22-/m1/s1. The van der Waals surface area contributed by atoms with Crippen LogP contribution in [0.1, 0.15) is 62.9 Å². The second-order valence-corrected chi connectivity index (χ2v) is 13.5. The maximum atomic E-state index is 14.2. The summed E-state index contributed by atoms with van der Waals surface area (Å²) >= 11 is 0. The van der Waals surface area contributed by atoms with E-state index < -0.39 is 44.9 Å². The predicted octanol–water partition coefficient (Wildman–Crippen LogP) is 3.31. The summed E-state index contributed by atoms with van der Waals surface area (Å²) in [5.41, 5.74) is -1.12. The molecule has 1 saturated carbocycles. The van der Waals surface area contributed by atoms with Crippen LogP contribution in [0.4, 0.5) is 8.78 Å². The van der Waals surface area contributed by atoms with Gasteiger partial charge in [-0.25, -0.2) is 17.2 Å². The summed E-state index contributed by atoms with van der Waals surface area (Å²) in [6, 6.07) is 4.11. The molecule has 0 spiro atoms. The number of piperidine rings is 1. The first kappa shape index (κ1) is 29.1. The van der Waals surface area contributed by atoms with E-state index in [2.05, 4.69) is 20.7 Å². The number of aromatic nitrogens is 1. The van der Waals surface area contributed by atoms with E-state index in [-0.39, 0.29) is 28.7 Å². The van der Waals surface area contributed by atoms with Crippen molar-refractivity contribution < 1.29 is 31.3 Å². The summed E-state index contributed by atoms with van der Waals surface area (Å²) in [5.74, 6) is -3.37. The zero-order valence-electron chi connectivity index (χ0n) is 22.5. The van der Waals surface area contributed by atoms with Crippen molar-refractivity contribution in [1.82, 2.24) is 20.7 Å². The average molecular weight is 567 g/mol. The molecule has 0 unspecified atom stereocenters. The van der Waals surface area contributed by atoms with Crippen LogP contribution in [0.3, 0.4) is 0 Å². The first-order chi connectivity index (χ1) is 18.3. The Bertz CT molecular complexity index is 1310. The molecular weight excluding hydrogens is 530 g/mol. The van der Waals surface area contributed by atoms with Gasteiger partial charge in [0.05, 0.1) is 17.2 Å². The quantitative estimate of drug-likeness (QED) is 0.503. The summed E-state index contributed by atoms with van der Waals surface area (Å²) in [7, 11) is -3.34. The molecule has 9 nitrogen and oxygen atoms in total. The van der Waals surface area contributed by atoms with E-state index >= 15 is 0 Å². The Kier molecular flexibility index (Phi) is 8.75.